The molecule has 0 saturated heterocycles. The van der Waals surface area contributed by atoms with E-state index in [0.717, 1.165) is 5.56 Å². The summed E-state index contributed by atoms with van der Waals surface area (Å²) in [6.45, 7) is 2.26. The molecule has 0 aliphatic rings. The van der Waals surface area contributed by atoms with Crippen molar-refractivity contribution in [1.29, 1.82) is 0 Å². The van der Waals surface area contributed by atoms with Gasteiger partial charge in [-0.3, -0.25) is 0 Å². The van der Waals surface area contributed by atoms with Gasteiger partial charge in [0.05, 0.1) is 12.4 Å². The molecule has 0 spiro atoms. The second-order valence-electron chi connectivity index (χ2n) is 3.80. The van der Waals surface area contributed by atoms with Crippen molar-refractivity contribution in [2.75, 3.05) is 24.3 Å². The van der Waals surface area contributed by atoms with Crippen LogP contribution in [0.15, 0.2) is 18.2 Å². The van der Waals surface area contributed by atoms with Gasteiger partial charge >= 0.3 is 0 Å². The molecular formula is C11H17NO3S. The van der Waals surface area contributed by atoms with Gasteiger partial charge in [-0.2, -0.15) is 0 Å². The van der Waals surface area contributed by atoms with Gasteiger partial charge in [-0.05, 0) is 25.5 Å². The number of sulfone groups is 1. The maximum Gasteiger partial charge on any atom is 0.147 e. The van der Waals surface area contributed by atoms with Gasteiger partial charge < -0.3 is 10.5 Å². The fourth-order valence-electron chi connectivity index (χ4n) is 1.29. The lowest BCUT2D eigenvalue weighted by Gasteiger charge is -2.10. The molecule has 1 aromatic carbocycles. The SMILES string of the molecule is Cc1c(N)cccc1OCCCS(C)(=O)=O. The number of hydrogen-bond donors (Lipinski definition) is 1. The predicted octanol–water partition coefficient (Wildman–Crippen LogP) is 1.39. The van der Waals surface area contributed by atoms with Gasteiger partial charge in [0.15, 0.2) is 0 Å². The van der Waals surface area contributed by atoms with Crippen molar-refractivity contribution < 1.29 is 13.2 Å². The number of nitrogens with two attached hydrogens (primary N) is 1. The first-order chi connectivity index (χ1) is 7.40. The number of rotatable bonds is 5. The Bertz CT molecular complexity index is 454. The van der Waals surface area contributed by atoms with E-state index < -0.39 is 9.84 Å². The maximum atomic E-state index is 10.9. The molecule has 90 valence electrons. The highest BCUT2D eigenvalue weighted by atomic mass is 32.2. The monoisotopic (exact) mass is 243 g/mol. The minimum absolute atomic E-state index is 0.147. The Balaban J connectivity index is 2.47. The van der Waals surface area contributed by atoms with Gasteiger partial charge in [0.1, 0.15) is 15.6 Å². The van der Waals surface area contributed by atoms with E-state index in [2.05, 4.69) is 0 Å². The Morgan fingerprint density at radius 3 is 2.69 bits per heavy atom. The summed E-state index contributed by atoms with van der Waals surface area (Å²) >= 11 is 0. The van der Waals surface area contributed by atoms with E-state index in [1.165, 1.54) is 6.26 Å². The van der Waals surface area contributed by atoms with Gasteiger partial charge in [0.2, 0.25) is 0 Å². The zero-order valence-electron chi connectivity index (χ0n) is 9.56. The predicted molar refractivity (Wildman–Crippen MR) is 65.4 cm³/mol. The van der Waals surface area contributed by atoms with Crippen molar-refractivity contribution in [2.45, 2.75) is 13.3 Å². The molecule has 2 N–H and O–H groups in total. The summed E-state index contributed by atoms with van der Waals surface area (Å²) in [5.41, 5.74) is 7.29. The third kappa shape index (κ3) is 4.10. The molecule has 0 unspecified atom stereocenters. The van der Waals surface area contributed by atoms with Crippen LogP contribution in [-0.2, 0) is 9.84 Å². The fourth-order valence-corrected chi connectivity index (χ4v) is 1.93. The summed E-state index contributed by atoms with van der Waals surface area (Å²) in [5.74, 6) is 0.863. The first-order valence-corrected chi connectivity index (χ1v) is 7.12. The van der Waals surface area contributed by atoms with Crippen LogP contribution in [0.25, 0.3) is 0 Å². The molecule has 0 aliphatic heterocycles. The second-order valence-corrected chi connectivity index (χ2v) is 6.06. The lowest BCUT2D eigenvalue weighted by atomic mass is 10.2. The highest BCUT2D eigenvalue weighted by Gasteiger charge is 2.04. The molecule has 0 fully saturated rings. The van der Waals surface area contributed by atoms with Crippen LogP contribution in [0.4, 0.5) is 5.69 Å². The molecule has 16 heavy (non-hydrogen) atoms. The third-order valence-corrected chi connectivity index (χ3v) is 3.27. The van der Waals surface area contributed by atoms with Crippen LogP contribution in [-0.4, -0.2) is 27.0 Å². The third-order valence-electron chi connectivity index (χ3n) is 2.24. The second kappa shape index (κ2) is 5.21. The first-order valence-electron chi connectivity index (χ1n) is 5.06. The molecule has 0 saturated carbocycles. The van der Waals surface area contributed by atoms with Crippen LogP contribution in [0, 0.1) is 6.92 Å². The Morgan fingerprint density at radius 2 is 2.06 bits per heavy atom. The Kier molecular flexibility index (Phi) is 4.18. The molecule has 0 aliphatic carbocycles. The zero-order chi connectivity index (χ0) is 12.2. The van der Waals surface area contributed by atoms with E-state index in [1.807, 2.05) is 19.1 Å². The Labute approximate surface area is 96.3 Å². The molecule has 4 nitrogen and oxygen atoms in total. The highest BCUT2D eigenvalue weighted by molar-refractivity contribution is 7.90. The van der Waals surface area contributed by atoms with Gasteiger partial charge in [0, 0.05) is 17.5 Å². The number of benzene rings is 1. The topological polar surface area (TPSA) is 69.4 Å². The molecule has 1 aromatic rings. The highest BCUT2D eigenvalue weighted by Crippen LogP contribution is 2.22. The van der Waals surface area contributed by atoms with Crippen LogP contribution in [0.3, 0.4) is 0 Å². The molecule has 5 heteroatoms. The van der Waals surface area contributed by atoms with Crippen molar-refractivity contribution >= 4 is 15.5 Å². The van der Waals surface area contributed by atoms with Crippen LogP contribution in [0.1, 0.15) is 12.0 Å². The molecule has 0 bridgehead atoms. The van der Waals surface area contributed by atoms with Gasteiger partial charge in [-0.25, -0.2) is 8.42 Å². The average molecular weight is 243 g/mol. The van der Waals surface area contributed by atoms with E-state index in [1.54, 1.807) is 6.07 Å². The summed E-state index contributed by atoms with van der Waals surface area (Å²) in [7, 11) is -2.90. The number of nitrogen functional groups attached to an aromatic ring is 1. The zero-order valence-corrected chi connectivity index (χ0v) is 10.4. The molecule has 0 radical (unpaired) electrons. The van der Waals surface area contributed by atoms with Gasteiger partial charge in [-0.1, -0.05) is 6.07 Å². The Hall–Kier alpha value is -1.23. The minimum Gasteiger partial charge on any atom is -0.493 e. The fraction of sp³-hybridized carbons (Fsp3) is 0.455. The number of hydrogen-bond acceptors (Lipinski definition) is 4. The van der Waals surface area contributed by atoms with Crippen molar-refractivity contribution in [1.82, 2.24) is 0 Å². The summed E-state index contributed by atoms with van der Waals surface area (Å²) in [6, 6.07) is 5.44. The van der Waals surface area contributed by atoms with Crippen molar-refractivity contribution in [3.63, 3.8) is 0 Å². The van der Waals surface area contributed by atoms with Crippen LogP contribution < -0.4 is 10.5 Å². The summed E-state index contributed by atoms with van der Waals surface area (Å²) in [4.78, 5) is 0. The molecule has 0 amide bonds. The van der Waals surface area contributed by atoms with Crippen LogP contribution in [0.2, 0.25) is 0 Å². The van der Waals surface area contributed by atoms with Crippen molar-refractivity contribution in [3.05, 3.63) is 23.8 Å². The van der Waals surface area contributed by atoms with Gasteiger partial charge in [-0.15, -0.1) is 0 Å². The lowest BCUT2D eigenvalue weighted by Crippen LogP contribution is -2.08. The average Bonchev–Trinajstić information content (AvgIpc) is 2.17. The summed E-state index contributed by atoms with van der Waals surface area (Å²) in [5, 5.41) is 0. The van der Waals surface area contributed by atoms with Crippen LogP contribution in [0.5, 0.6) is 5.75 Å². The molecule has 0 aromatic heterocycles. The minimum atomic E-state index is -2.90. The molecular weight excluding hydrogens is 226 g/mol. The number of anilines is 1. The molecule has 1 rings (SSSR count). The van der Waals surface area contributed by atoms with Gasteiger partial charge in [0.25, 0.3) is 0 Å². The van der Waals surface area contributed by atoms with E-state index in [-0.39, 0.29) is 5.75 Å². The van der Waals surface area contributed by atoms with Crippen LogP contribution >= 0.6 is 0 Å². The van der Waals surface area contributed by atoms with Crippen molar-refractivity contribution in [3.8, 4) is 5.75 Å². The van der Waals surface area contributed by atoms with E-state index in [0.29, 0.717) is 24.5 Å². The quantitative estimate of drug-likeness (QED) is 0.626. The van der Waals surface area contributed by atoms with E-state index in [4.69, 9.17) is 10.5 Å². The van der Waals surface area contributed by atoms with Crippen molar-refractivity contribution in [2.24, 2.45) is 0 Å². The maximum absolute atomic E-state index is 10.9. The lowest BCUT2D eigenvalue weighted by molar-refractivity contribution is 0.316. The standard InChI is InChI=1S/C11H17NO3S/c1-9-10(12)5-3-6-11(9)15-7-4-8-16(2,13)14/h3,5-6H,4,7-8,12H2,1-2H3. The summed E-state index contributed by atoms with van der Waals surface area (Å²) in [6.07, 6.45) is 1.71. The largest absolute Gasteiger partial charge is 0.493 e. The molecule has 0 heterocycles. The van der Waals surface area contributed by atoms with E-state index >= 15 is 0 Å². The first kappa shape index (κ1) is 12.8. The molecule has 0 atom stereocenters. The summed E-state index contributed by atoms with van der Waals surface area (Å²) < 4.78 is 27.2. The Morgan fingerprint density at radius 1 is 1.38 bits per heavy atom. The normalized spacial score (nSPS) is 11.4. The smallest absolute Gasteiger partial charge is 0.147 e. The number of ether oxygens (including phenoxy) is 1. The van der Waals surface area contributed by atoms with E-state index in [9.17, 15) is 8.42 Å².